The molecule has 2 nitrogen and oxygen atoms in total. The summed E-state index contributed by atoms with van der Waals surface area (Å²) in [5.74, 6) is -0.310. The molecule has 0 spiro atoms. The fourth-order valence-corrected chi connectivity index (χ4v) is 1.37. The van der Waals surface area contributed by atoms with Gasteiger partial charge in [0.05, 0.1) is 12.7 Å². The minimum absolute atomic E-state index is 0.310. The normalized spacial score (nSPS) is 9.31. The predicted molar refractivity (Wildman–Crippen MR) is 53.8 cm³/mol. The molecule has 0 heterocycles. The summed E-state index contributed by atoms with van der Waals surface area (Å²) in [6, 6.07) is 7.19. The molecule has 0 bridgehead atoms. The van der Waals surface area contributed by atoms with Gasteiger partial charge in [0.15, 0.2) is 0 Å². The predicted octanol–water partition coefficient (Wildman–Crippen LogP) is 2.71. The largest absolute Gasteiger partial charge is 0.465 e. The molecule has 68 valence electrons. The number of rotatable bonds is 3. The molecule has 0 amide bonds. The lowest BCUT2D eigenvalue weighted by Gasteiger charge is -1.99. The zero-order chi connectivity index (χ0) is 9.68. The van der Waals surface area contributed by atoms with Crippen LogP contribution in [0.1, 0.15) is 10.4 Å². The van der Waals surface area contributed by atoms with Crippen LogP contribution in [0.5, 0.6) is 0 Å². The van der Waals surface area contributed by atoms with Crippen molar-refractivity contribution in [2.45, 2.75) is 4.90 Å². The Morgan fingerprint density at radius 3 is 2.54 bits per heavy atom. The molecule has 0 saturated heterocycles. The van der Waals surface area contributed by atoms with Crippen LogP contribution in [0.2, 0.25) is 0 Å². The molecule has 0 aliphatic heterocycles. The lowest BCUT2D eigenvalue weighted by Crippen LogP contribution is -1.99. The van der Waals surface area contributed by atoms with Crippen LogP contribution in [0.3, 0.4) is 0 Å². The maximum atomic E-state index is 11.0. The molecule has 1 aromatic carbocycles. The average molecular weight is 194 g/mol. The van der Waals surface area contributed by atoms with E-state index in [2.05, 4.69) is 11.3 Å². The average Bonchev–Trinajstić information content (AvgIpc) is 2.18. The molecule has 0 unspecified atom stereocenters. The third kappa shape index (κ3) is 2.63. The van der Waals surface area contributed by atoms with E-state index < -0.39 is 0 Å². The van der Waals surface area contributed by atoms with Gasteiger partial charge in [0.25, 0.3) is 0 Å². The highest BCUT2D eigenvalue weighted by atomic mass is 32.2. The fraction of sp³-hybridized carbons (Fsp3) is 0.100. The van der Waals surface area contributed by atoms with Crippen molar-refractivity contribution in [2.24, 2.45) is 0 Å². The van der Waals surface area contributed by atoms with Crippen LogP contribution in [0, 0.1) is 0 Å². The number of esters is 1. The Morgan fingerprint density at radius 1 is 1.46 bits per heavy atom. The van der Waals surface area contributed by atoms with Crippen molar-refractivity contribution < 1.29 is 9.53 Å². The Balaban J connectivity index is 2.80. The number of hydrogen-bond acceptors (Lipinski definition) is 3. The highest BCUT2D eigenvalue weighted by Crippen LogP contribution is 2.18. The number of carbonyl (C=O) groups excluding carboxylic acids is 1. The van der Waals surface area contributed by atoms with E-state index in [9.17, 15) is 4.79 Å². The second kappa shape index (κ2) is 4.72. The third-order valence-electron chi connectivity index (χ3n) is 1.49. The summed E-state index contributed by atoms with van der Waals surface area (Å²) >= 11 is 1.52. The van der Waals surface area contributed by atoms with Crippen LogP contribution in [0.4, 0.5) is 0 Å². The zero-order valence-corrected chi connectivity index (χ0v) is 8.14. The summed E-state index contributed by atoms with van der Waals surface area (Å²) in [5, 5.41) is 1.74. The first-order valence-corrected chi connectivity index (χ1v) is 4.62. The molecule has 0 aromatic heterocycles. The topological polar surface area (TPSA) is 26.3 Å². The minimum atomic E-state index is -0.310. The minimum Gasteiger partial charge on any atom is -0.465 e. The zero-order valence-electron chi connectivity index (χ0n) is 7.32. The monoisotopic (exact) mass is 194 g/mol. The van der Waals surface area contributed by atoms with Gasteiger partial charge in [-0.3, -0.25) is 0 Å². The Kier molecular flexibility index (Phi) is 3.58. The lowest BCUT2D eigenvalue weighted by molar-refractivity contribution is 0.0600. The molecule has 0 fully saturated rings. The van der Waals surface area contributed by atoms with E-state index in [1.807, 2.05) is 12.1 Å². The van der Waals surface area contributed by atoms with Gasteiger partial charge in [-0.25, -0.2) is 4.79 Å². The van der Waals surface area contributed by atoms with Crippen molar-refractivity contribution in [1.29, 1.82) is 0 Å². The van der Waals surface area contributed by atoms with Crippen molar-refractivity contribution in [3.05, 3.63) is 41.8 Å². The first kappa shape index (κ1) is 9.86. The van der Waals surface area contributed by atoms with Gasteiger partial charge in [0.2, 0.25) is 0 Å². The molecule has 0 aliphatic carbocycles. The molecule has 1 aromatic rings. The second-order valence-electron chi connectivity index (χ2n) is 2.30. The number of hydrogen-bond donors (Lipinski definition) is 0. The third-order valence-corrected chi connectivity index (χ3v) is 2.21. The van der Waals surface area contributed by atoms with Crippen LogP contribution in [-0.2, 0) is 4.74 Å². The molecule has 3 heteroatoms. The van der Waals surface area contributed by atoms with Crippen molar-refractivity contribution in [3.8, 4) is 0 Å². The summed E-state index contributed by atoms with van der Waals surface area (Å²) in [6.07, 6.45) is 0. The Morgan fingerprint density at radius 2 is 2.08 bits per heavy atom. The van der Waals surface area contributed by atoms with Gasteiger partial charge >= 0.3 is 5.97 Å². The Bertz CT molecular complexity index is 303. The summed E-state index contributed by atoms with van der Waals surface area (Å²) in [5.41, 5.74) is 0.566. The van der Waals surface area contributed by atoms with Gasteiger partial charge in [0.1, 0.15) is 0 Å². The Labute approximate surface area is 81.6 Å². The van der Waals surface area contributed by atoms with Crippen molar-refractivity contribution in [2.75, 3.05) is 7.11 Å². The van der Waals surface area contributed by atoms with Crippen LogP contribution >= 0.6 is 11.8 Å². The maximum absolute atomic E-state index is 11.0. The lowest BCUT2D eigenvalue weighted by atomic mass is 10.2. The summed E-state index contributed by atoms with van der Waals surface area (Å²) in [6.45, 7) is 3.60. The highest BCUT2D eigenvalue weighted by molar-refractivity contribution is 8.02. The molecule has 13 heavy (non-hydrogen) atoms. The number of carbonyl (C=O) groups is 1. The highest BCUT2D eigenvalue weighted by Gasteiger charge is 2.03. The van der Waals surface area contributed by atoms with E-state index in [-0.39, 0.29) is 5.97 Å². The van der Waals surface area contributed by atoms with E-state index in [1.54, 1.807) is 17.5 Å². The van der Waals surface area contributed by atoms with Gasteiger partial charge in [-0.05, 0) is 29.7 Å². The van der Waals surface area contributed by atoms with E-state index in [0.29, 0.717) is 5.56 Å². The van der Waals surface area contributed by atoms with E-state index in [1.165, 1.54) is 18.9 Å². The maximum Gasteiger partial charge on any atom is 0.337 e. The van der Waals surface area contributed by atoms with Crippen molar-refractivity contribution >= 4 is 17.7 Å². The molecule has 0 saturated carbocycles. The molecule has 0 N–H and O–H groups in total. The number of ether oxygens (including phenoxy) is 1. The second-order valence-corrected chi connectivity index (χ2v) is 3.34. The van der Waals surface area contributed by atoms with Crippen LogP contribution in [0.15, 0.2) is 41.1 Å². The molecular formula is C10H10O2S. The number of benzene rings is 1. The molecule has 1 rings (SSSR count). The number of methoxy groups -OCH3 is 1. The molecule has 0 radical (unpaired) electrons. The molecule has 0 aliphatic rings. The van der Waals surface area contributed by atoms with E-state index >= 15 is 0 Å². The van der Waals surface area contributed by atoms with E-state index in [0.717, 1.165) is 4.90 Å². The Hall–Kier alpha value is -1.22. The summed E-state index contributed by atoms with van der Waals surface area (Å²) in [4.78, 5) is 12.1. The van der Waals surface area contributed by atoms with Crippen LogP contribution in [0.25, 0.3) is 0 Å². The first-order valence-electron chi connectivity index (χ1n) is 3.74. The number of thioether (sulfide) groups is 1. The summed E-state index contributed by atoms with van der Waals surface area (Å²) in [7, 11) is 1.37. The van der Waals surface area contributed by atoms with Gasteiger partial charge < -0.3 is 4.74 Å². The molecule has 0 atom stereocenters. The van der Waals surface area contributed by atoms with Crippen LogP contribution < -0.4 is 0 Å². The van der Waals surface area contributed by atoms with Gasteiger partial charge in [-0.2, -0.15) is 0 Å². The standard InChI is InChI=1S/C10H10O2S/c1-3-13-9-6-4-8(5-7-9)10(11)12-2/h3-7H,1H2,2H3. The first-order chi connectivity index (χ1) is 6.27. The van der Waals surface area contributed by atoms with Gasteiger partial charge in [-0.1, -0.05) is 18.3 Å². The summed E-state index contributed by atoms with van der Waals surface area (Å²) < 4.78 is 4.57. The SMILES string of the molecule is C=CSc1ccc(C(=O)OC)cc1. The molecular weight excluding hydrogens is 184 g/mol. The van der Waals surface area contributed by atoms with Gasteiger partial charge in [0, 0.05) is 4.90 Å². The van der Waals surface area contributed by atoms with Gasteiger partial charge in [-0.15, -0.1) is 0 Å². The van der Waals surface area contributed by atoms with E-state index in [4.69, 9.17) is 0 Å². The quantitative estimate of drug-likeness (QED) is 0.546. The fourth-order valence-electron chi connectivity index (χ4n) is 0.884. The van der Waals surface area contributed by atoms with Crippen LogP contribution in [-0.4, -0.2) is 13.1 Å². The smallest absolute Gasteiger partial charge is 0.337 e. The van der Waals surface area contributed by atoms with Crippen molar-refractivity contribution in [3.63, 3.8) is 0 Å². The van der Waals surface area contributed by atoms with Crippen molar-refractivity contribution in [1.82, 2.24) is 0 Å².